The van der Waals surface area contributed by atoms with Crippen molar-refractivity contribution in [3.8, 4) is 12.1 Å². The maximum Gasteiger partial charge on any atom is 0.0981 e. The Balaban J connectivity index is 2.43. The zero-order valence-corrected chi connectivity index (χ0v) is 10.7. The van der Waals surface area contributed by atoms with Gasteiger partial charge in [-0.15, -0.1) is 0 Å². The predicted molar refractivity (Wildman–Crippen MR) is 71.2 cm³/mol. The molecular formula is C13H14N4S. The molecular weight excluding hydrogens is 244 g/mol. The van der Waals surface area contributed by atoms with E-state index in [1.807, 2.05) is 0 Å². The number of hydrogen-bond acceptors (Lipinski definition) is 5. The third-order valence-electron chi connectivity index (χ3n) is 3.39. The lowest BCUT2D eigenvalue weighted by molar-refractivity contribution is 0.397. The van der Waals surface area contributed by atoms with E-state index in [1.165, 1.54) is 0 Å². The van der Waals surface area contributed by atoms with Crippen molar-refractivity contribution in [3.05, 3.63) is 33.4 Å². The Bertz CT molecular complexity index is 494. The van der Waals surface area contributed by atoms with Gasteiger partial charge in [0.2, 0.25) is 0 Å². The second kappa shape index (κ2) is 5.20. The number of allylic oxidation sites excluding steroid dienone is 4. The highest BCUT2D eigenvalue weighted by atomic mass is 32.2. The van der Waals surface area contributed by atoms with Crippen LogP contribution in [0.3, 0.4) is 0 Å². The molecule has 0 saturated heterocycles. The molecule has 0 aromatic carbocycles. The molecule has 1 atom stereocenters. The third-order valence-corrected chi connectivity index (χ3v) is 4.27. The van der Waals surface area contributed by atoms with E-state index in [2.05, 4.69) is 24.3 Å². The topological polar surface area (TPSA) is 99.6 Å². The summed E-state index contributed by atoms with van der Waals surface area (Å²) in [6, 6.07) is 4.31. The van der Waals surface area contributed by atoms with Gasteiger partial charge in [0, 0.05) is 5.92 Å². The monoisotopic (exact) mass is 258 g/mol. The molecule has 4 N–H and O–H groups in total. The highest BCUT2D eigenvalue weighted by Gasteiger charge is 2.35. The minimum Gasteiger partial charge on any atom is -0.392 e. The number of thioether (sulfide) groups is 1. The Kier molecular flexibility index (Phi) is 3.64. The summed E-state index contributed by atoms with van der Waals surface area (Å²) in [5.74, 6) is 0.0171. The Labute approximate surface area is 111 Å². The molecule has 0 amide bonds. The quantitative estimate of drug-likeness (QED) is 0.701. The SMILES string of the molecule is N#CC1=C(N)SC(N)=C(C#N)C1[C@@H]1CC=CCC1. The second-order valence-corrected chi connectivity index (χ2v) is 5.49. The lowest BCUT2D eigenvalue weighted by Gasteiger charge is -2.31. The summed E-state index contributed by atoms with van der Waals surface area (Å²) in [5, 5.41) is 19.4. The van der Waals surface area contributed by atoms with Crippen molar-refractivity contribution in [1.29, 1.82) is 10.5 Å². The van der Waals surface area contributed by atoms with E-state index in [0.29, 0.717) is 21.2 Å². The van der Waals surface area contributed by atoms with Crippen molar-refractivity contribution >= 4 is 11.8 Å². The molecule has 4 nitrogen and oxygen atoms in total. The van der Waals surface area contributed by atoms with E-state index in [4.69, 9.17) is 11.5 Å². The Hall–Kier alpha value is -1.85. The average molecular weight is 258 g/mol. The molecule has 1 heterocycles. The van der Waals surface area contributed by atoms with Crippen molar-refractivity contribution < 1.29 is 0 Å². The number of nitrogens with two attached hydrogens (primary N) is 2. The van der Waals surface area contributed by atoms with Crippen LogP contribution < -0.4 is 11.5 Å². The van der Waals surface area contributed by atoms with Crippen LogP contribution >= 0.6 is 11.8 Å². The summed E-state index contributed by atoms with van der Waals surface area (Å²) >= 11 is 1.13. The predicted octanol–water partition coefficient (Wildman–Crippen LogP) is 2.09. The van der Waals surface area contributed by atoms with Crippen molar-refractivity contribution in [2.75, 3.05) is 0 Å². The van der Waals surface area contributed by atoms with Crippen LogP contribution in [0.4, 0.5) is 0 Å². The molecule has 0 fully saturated rings. The number of hydrogen-bond donors (Lipinski definition) is 2. The first kappa shape index (κ1) is 12.6. The van der Waals surface area contributed by atoms with E-state index in [-0.39, 0.29) is 11.8 Å². The molecule has 0 saturated carbocycles. The maximum atomic E-state index is 9.27. The molecule has 0 aromatic rings. The van der Waals surface area contributed by atoms with E-state index >= 15 is 0 Å². The van der Waals surface area contributed by atoms with Crippen LogP contribution in [0, 0.1) is 34.5 Å². The van der Waals surface area contributed by atoms with Gasteiger partial charge >= 0.3 is 0 Å². The van der Waals surface area contributed by atoms with Gasteiger partial charge in [-0.25, -0.2) is 0 Å². The van der Waals surface area contributed by atoms with E-state index in [9.17, 15) is 10.5 Å². The average Bonchev–Trinajstić information content (AvgIpc) is 2.39. The molecule has 1 aliphatic carbocycles. The molecule has 1 aliphatic heterocycles. The fraction of sp³-hybridized carbons (Fsp3) is 0.385. The molecule has 0 unspecified atom stereocenters. The second-order valence-electron chi connectivity index (χ2n) is 4.40. The number of nitrogens with zero attached hydrogens (tertiary/aromatic N) is 2. The molecule has 0 aromatic heterocycles. The van der Waals surface area contributed by atoms with Gasteiger partial charge in [-0.1, -0.05) is 23.9 Å². The van der Waals surface area contributed by atoms with Crippen molar-refractivity contribution in [1.82, 2.24) is 0 Å². The van der Waals surface area contributed by atoms with Gasteiger partial charge in [0.05, 0.1) is 33.3 Å². The van der Waals surface area contributed by atoms with Crippen LogP contribution in [0.2, 0.25) is 0 Å². The van der Waals surface area contributed by atoms with Crippen LogP contribution in [0.5, 0.6) is 0 Å². The summed E-state index contributed by atoms with van der Waals surface area (Å²) in [6.07, 6.45) is 7.04. The fourth-order valence-electron chi connectivity index (χ4n) is 2.52. The summed E-state index contributed by atoms with van der Waals surface area (Å²) in [5.41, 5.74) is 12.8. The van der Waals surface area contributed by atoms with E-state index in [1.54, 1.807) is 0 Å². The van der Waals surface area contributed by atoms with Gasteiger partial charge in [-0.05, 0) is 25.2 Å². The minimum absolute atomic E-state index is 0.230. The zero-order chi connectivity index (χ0) is 13.1. The molecule has 2 rings (SSSR count). The van der Waals surface area contributed by atoms with Gasteiger partial charge in [-0.2, -0.15) is 10.5 Å². The van der Waals surface area contributed by atoms with Crippen molar-refractivity contribution in [2.24, 2.45) is 23.3 Å². The normalized spacial score (nSPS) is 24.9. The smallest absolute Gasteiger partial charge is 0.0981 e. The molecule has 18 heavy (non-hydrogen) atoms. The first-order chi connectivity index (χ1) is 8.69. The Morgan fingerprint density at radius 1 is 1.11 bits per heavy atom. The third kappa shape index (κ3) is 2.10. The molecule has 92 valence electrons. The molecule has 2 aliphatic rings. The first-order valence-electron chi connectivity index (χ1n) is 5.81. The van der Waals surface area contributed by atoms with Gasteiger partial charge in [0.25, 0.3) is 0 Å². The Morgan fingerprint density at radius 2 is 1.72 bits per heavy atom. The van der Waals surface area contributed by atoms with Gasteiger partial charge in [0.1, 0.15) is 0 Å². The van der Waals surface area contributed by atoms with Gasteiger partial charge in [-0.3, -0.25) is 0 Å². The van der Waals surface area contributed by atoms with Crippen molar-refractivity contribution in [3.63, 3.8) is 0 Å². The lowest BCUT2D eigenvalue weighted by Crippen LogP contribution is -2.26. The standard InChI is InChI=1S/C13H14N4S/c14-6-9-11(8-4-2-1-3-5-8)10(7-15)13(17)18-12(9)16/h1-2,8,11H,3-5,16-17H2/t8-/m1/s1. The van der Waals surface area contributed by atoms with E-state index < -0.39 is 0 Å². The van der Waals surface area contributed by atoms with Crippen LogP contribution in [0.25, 0.3) is 0 Å². The van der Waals surface area contributed by atoms with Crippen LogP contribution in [0.1, 0.15) is 19.3 Å². The van der Waals surface area contributed by atoms with Crippen LogP contribution in [-0.4, -0.2) is 0 Å². The largest absolute Gasteiger partial charge is 0.392 e. The van der Waals surface area contributed by atoms with E-state index in [0.717, 1.165) is 31.0 Å². The minimum atomic E-state index is -0.230. The highest BCUT2D eigenvalue weighted by Crippen LogP contribution is 2.43. The number of nitriles is 2. The summed E-state index contributed by atoms with van der Waals surface area (Å²) in [6.45, 7) is 0. The summed E-state index contributed by atoms with van der Waals surface area (Å²) < 4.78 is 0. The van der Waals surface area contributed by atoms with Gasteiger partial charge in [0.15, 0.2) is 0 Å². The first-order valence-corrected chi connectivity index (χ1v) is 6.63. The zero-order valence-electron chi connectivity index (χ0n) is 9.89. The Morgan fingerprint density at radius 3 is 2.17 bits per heavy atom. The van der Waals surface area contributed by atoms with Crippen LogP contribution in [0.15, 0.2) is 33.4 Å². The van der Waals surface area contributed by atoms with Crippen LogP contribution in [-0.2, 0) is 0 Å². The summed E-state index contributed by atoms with van der Waals surface area (Å²) in [4.78, 5) is 0. The van der Waals surface area contributed by atoms with Crippen molar-refractivity contribution in [2.45, 2.75) is 19.3 Å². The summed E-state index contributed by atoms with van der Waals surface area (Å²) in [7, 11) is 0. The molecule has 5 heteroatoms. The van der Waals surface area contributed by atoms with Gasteiger partial charge < -0.3 is 11.5 Å². The number of rotatable bonds is 1. The maximum absolute atomic E-state index is 9.27. The lowest BCUT2D eigenvalue weighted by atomic mass is 9.75. The molecule has 0 radical (unpaired) electrons. The molecule has 0 bridgehead atoms. The highest BCUT2D eigenvalue weighted by molar-refractivity contribution is 8.06. The fourth-order valence-corrected chi connectivity index (χ4v) is 3.32. The molecule has 0 spiro atoms.